The summed E-state index contributed by atoms with van der Waals surface area (Å²) in [6, 6.07) is 12.0. The first-order chi connectivity index (χ1) is 12.0. The van der Waals surface area contributed by atoms with Gasteiger partial charge in [0.05, 0.1) is 5.75 Å². The van der Waals surface area contributed by atoms with E-state index in [1.807, 2.05) is 42.8 Å². The fraction of sp³-hybridized carbons (Fsp3) is 0.167. The van der Waals surface area contributed by atoms with E-state index in [0.29, 0.717) is 10.7 Å². The van der Waals surface area contributed by atoms with Crippen molar-refractivity contribution in [2.75, 3.05) is 5.75 Å². The zero-order valence-electron chi connectivity index (χ0n) is 13.8. The smallest absolute Gasteiger partial charge is 0.191 e. The number of aromatic nitrogens is 3. The third-order valence-electron chi connectivity index (χ3n) is 3.77. The average Bonchev–Trinajstić information content (AvgIpc) is 2.96. The number of thioether (sulfide) groups is 1. The van der Waals surface area contributed by atoms with Crippen LogP contribution in [0, 0.1) is 6.92 Å². The topological polar surface area (TPSA) is 88.2 Å². The number of Topliss-reactive ketones (excluding diaryl/α,β-unsaturated/α-hetero) is 1. The SMILES string of the molecule is Cc1ccc(-c2nnc(SCC(=O)c3ccc(O)c(O)c3)n2C)cc1. The number of aryl methyl sites for hydroxylation is 1. The Morgan fingerprint density at radius 3 is 2.48 bits per heavy atom. The molecule has 0 radical (unpaired) electrons. The second kappa shape index (κ2) is 6.98. The summed E-state index contributed by atoms with van der Waals surface area (Å²) in [6.07, 6.45) is 0. The van der Waals surface area contributed by atoms with Gasteiger partial charge >= 0.3 is 0 Å². The van der Waals surface area contributed by atoms with Crippen LogP contribution in [-0.2, 0) is 7.05 Å². The van der Waals surface area contributed by atoms with E-state index in [0.717, 1.165) is 11.4 Å². The Morgan fingerprint density at radius 1 is 1.08 bits per heavy atom. The fourth-order valence-corrected chi connectivity index (χ4v) is 3.11. The van der Waals surface area contributed by atoms with Gasteiger partial charge in [0, 0.05) is 18.2 Å². The lowest BCUT2D eigenvalue weighted by Crippen LogP contribution is -2.04. The van der Waals surface area contributed by atoms with Crippen LogP contribution in [0.4, 0.5) is 0 Å². The van der Waals surface area contributed by atoms with Gasteiger partial charge in [-0.2, -0.15) is 0 Å². The Hall–Kier alpha value is -2.80. The number of ketones is 1. The van der Waals surface area contributed by atoms with Crippen molar-refractivity contribution < 1.29 is 15.0 Å². The van der Waals surface area contributed by atoms with Crippen LogP contribution in [0.2, 0.25) is 0 Å². The molecule has 0 aliphatic heterocycles. The fourth-order valence-electron chi connectivity index (χ4n) is 2.30. The molecular formula is C18H17N3O3S. The zero-order valence-corrected chi connectivity index (χ0v) is 14.6. The second-order valence-corrected chi connectivity index (χ2v) is 6.59. The number of nitrogens with zero attached hydrogens (tertiary/aromatic N) is 3. The van der Waals surface area contributed by atoms with Gasteiger partial charge in [-0.1, -0.05) is 41.6 Å². The molecule has 7 heteroatoms. The minimum Gasteiger partial charge on any atom is -0.504 e. The highest BCUT2D eigenvalue weighted by atomic mass is 32.2. The van der Waals surface area contributed by atoms with E-state index in [1.54, 1.807) is 0 Å². The molecule has 0 saturated carbocycles. The van der Waals surface area contributed by atoms with Crippen LogP contribution in [0.3, 0.4) is 0 Å². The van der Waals surface area contributed by atoms with Crippen molar-refractivity contribution in [1.82, 2.24) is 14.8 Å². The highest BCUT2D eigenvalue weighted by molar-refractivity contribution is 7.99. The molecule has 0 aliphatic rings. The van der Waals surface area contributed by atoms with Gasteiger partial charge in [0.25, 0.3) is 0 Å². The van der Waals surface area contributed by atoms with Crippen molar-refractivity contribution >= 4 is 17.5 Å². The number of hydrogen-bond donors (Lipinski definition) is 2. The standard InChI is InChI=1S/C18H17N3O3S/c1-11-3-5-12(6-4-11)17-19-20-18(21(17)2)25-10-16(24)13-7-8-14(22)15(23)9-13/h3-9,22-23H,10H2,1-2H3. The number of hydrogen-bond acceptors (Lipinski definition) is 6. The third kappa shape index (κ3) is 3.66. The van der Waals surface area contributed by atoms with Gasteiger partial charge in [0.1, 0.15) is 0 Å². The molecule has 3 rings (SSSR count). The number of carbonyl (C=O) groups is 1. The minimum absolute atomic E-state index is 0.157. The molecule has 0 saturated heterocycles. The number of aromatic hydroxyl groups is 2. The molecule has 6 nitrogen and oxygen atoms in total. The molecule has 2 aromatic carbocycles. The van der Waals surface area contributed by atoms with Gasteiger partial charge in [-0.3, -0.25) is 4.79 Å². The summed E-state index contributed by atoms with van der Waals surface area (Å²) in [4.78, 5) is 12.2. The Morgan fingerprint density at radius 2 is 1.80 bits per heavy atom. The monoisotopic (exact) mass is 355 g/mol. The minimum atomic E-state index is -0.309. The molecule has 0 spiro atoms. The molecule has 128 valence electrons. The predicted molar refractivity (Wildman–Crippen MR) is 96.0 cm³/mol. The summed E-state index contributed by atoms with van der Waals surface area (Å²) in [7, 11) is 1.86. The summed E-state index contributed by atoms with van der Waals surface area (Å²) < 4.78 is 1.84. The lowest BCUT2D eigenvalue weighted by Gasteiger charge is -2.05. The van der Waals surface area contributed by atoms with Crippen molar-refractivity contribution in [2.24, 2.45) is 7.05 Å². The van der Waals surface area contributed by atoms with Crippen LogP contribution in [0.15, 0.2) is 47.6 Å². The first kappa shape index (κ1) is 17.0. The van der Waals surface area contributed by atoms with Gasteiger partial charge < -0.3 is 14.8 Å². The Balaban J connectivity index is 1.72. The summed E-state index contributed by atoms with van der Waals surface area (Å²) in [5, 5.41) is 27.8. The van der Waals surface area contributed by atoms with Crippen molar-refractivity contribution in [1.29, 1.82) is 0 Å². The molecule has 0 aliphatic carbocycles. The van der Waals surface area contributed by atoms with E-state index in [9.17, 15) is 15.0 Å². The normalized spacial score (nSPS) is 10.8. The molecular weight excluding hydrogens is 338 g/mol. The van der Waals surface area contributed by atoms with Crippen LogP contribution >= 0.6 is 11.8 Å². The summed E-state index contributed by atoms with van der Waals surface area (Å²) in [5.74, 6) is 0.165. The third-order valence-corrected chi connectivity index (χ3v) is 4.79. The first-order valence-corrected chi connectivity index (χ1v) is 8.58. The van der Waals surface area contributed by atoms with Crippen LogP contribution < -0.4 is 0 Å². The molecule has 0 atom stereocenters. The van der Waals surface area contributed by atoms with Crippen LogP contribution in [-0.4, -0.2) is 36.5 Å². The summed E-state index contributed by atoms with van der Waals surface area (Å²) >= 11 is 1.27. The van der Waals surface area contributed by atoms with E-state index in [2.05, 4.69) is 10.2 Å². The quantitative estimate of drug-likeness (QED) is 0.415. The molecule has 2 N–H and O–H groups in total. The lowest BCUT2D eigenvalue weighted by molar-refractivity contribution is 0.102. The number of phenols is 2. The van der Waals surface area contributed by atoms with Gasteiger partial charge in [-0.25, -0.2) is 0 Å². The lowest BCUT2D eigenvalue weighted by atomic mass is 10.1. The molecule has 25 heavy (non-hydrogen) atoms. The van der Waals surface area contributed by atoms with Crippen molar-refractivity contribution in [3.8, 4) is 22.9 Å². The van der Waals surface area contributed by atoms with Crippen LogP contribution in [0.25, 0.3) is 11.4 Å². The van der Waals surface area contributed by atoms with E-state index in [1.165, 1.54) is 35.5 Å². The molecule has 0 unspecified atom stereocenters. The maximum Gasteiger partial charge on any atom is 0.191 e. The molecule has 3 aromatic rings. The average molecular weight is 355 g/mol. The van der Waals surface area contributed by atoms with E-state index >= 15 is 0 Å². The molecule has 1 aromatic heterocycles. The highest BCUT2D eigenvalue weighted by Crippen LogP contribution is 2.27. The molecule has 1 heterocycles. The van der Waals surface area contributed by atoms with Gasteiger partial charge in [-0.05, 0) is 25.1 Å². The second-order valence-electron chi connectivity index (χ2n) is 5.65. The van der Waals surface area contributed by atoms with Gasteiger partial charge in [-0.15, -0.1) is 10.2 Å². The number of rotatable bonds is 5. The van der Waals surface area contributed by atoms with Crippen LogP contribution in [0.1, 0.15) is 15.9 Å². The van der Waals surface area contributed by atoms with Gasteiger partial charge in [0.15, 0.2) is 28.3 Å². The summed E-state index contributed by atoms with van der Waals surface area (Å²) in [6.45, 7) is 2.02. The van der Waals surface area contributed by atoms with E-state index in [4.69, 9.17) is 0 Å². The number of phenolic OH excluding ortho intramolecular Hbond substituents is 2. The maximum atomic E-state index is 12.2. The Labute approximate surface area is 149 Å². The summed E-state index contributed by atoms with van der Waals surface area (Å²) in [5.41, 5.74) is 2.47. The van der Waals surface area contributed by atoms with Crippen LogP contribution in [0.5, 0.6) is 11.5 Å². The highest BCUT2D eigenvalue weighted by Gasteiger charge is 2.14. The number of benzene rings is 2. The zero-order chi connectivity index (χ0) is 18.0. The largest absolute Gasteiger partial charge is 0.504 e. The van der Waals surface area contributed by atoms with Gasteiger partial charge in [0.2, 0.25) is 0 Å². The Bertz CT molecular complexity index is 920. The molecule has 0 fully saturated rings. The van der Waals surface area contributed by atoms with Crippen molar-refractivity contribution in [2.45, 2.75) is 12.1 Å². The number of carbonyl (C=O) groups excluding carboxylic acids is 1. The van der Waals surface area contributed by atoms with E-state index in [-0.39, 0.29) is 23.0 Å². The Kier molecular flexibility index (Phi) is 4.76. The van der Waals surface area contributed by atoms with Crippen molar-refractivity contribution in [3.63, 3.8) is 0 Å². The molecule has 0 amide bonds. The maximum absolute atomic E-state index is 12.2. The van der Waals surface area contributed by atoms with Crippen molar-refractivity contribution in [3.05, 3.63) is 53.6 Å². The first-order valence-electron chi connectivity index (χ1n) is 7.60. The predicted octanol–water partition coefficient (Wildman–Crippen LogP) is 3.18. The molecule has 0 bridgehead atoms. The van der Waals surface area contributed by atoms with E-state index < -0.39 is 0 Å².